The van der Waals surface area contributed by atoms with Gasteiger partial charge in [0.25, 0.3) is 0 Å². The number of hydrogen-bond donors (Lipinski definition) is 2. The number of fused-ring (bicyclic) bond motifs is 1. The third-order valence-corrected chi connectivity index (χ3v) is 5.85. The molecule has 0 saturated heterocycles. The average molecular weight is 432 g/mol. The minimum atomic E-state index is -0.734. The van der Waals surface area contributed by atoms with Crippen LogP contribution in [0.5, 0.6) is 0 Å². The van der Waals surface area contributed by atoms with Gasteiger partial charge in [0.15, 0.2) is 5.82 Å². The minimum Gasteiger partial charge on any atom is -0.481 e. The van der Waals surface area contributed by atoms with E-state index in [4.69, 9.17) is 15.1 Å². The van der Waals surface area contributed by atoms with Crippen molar-refractivity contribution in [1.82, 2.24) is 9.97 Å². The van der Waals surface area contributed by atoms with Crippen LogP contribution in [0, 0.1) is 0 Å². The Labute approximate surface area is 188 Å². The molecule has 3 aromatic rings. The number of benzene rings is 2. The quantitative estimate of drug-likeness (QED) is 0.459. The first-order valence-electron chi connectivity index (χ1n) is 11.3. The normalized spacial score (nSPS) is 15.4. The molecule has 1 aliphatic rings. The van der Waals surface area contributed by atoms with Crippen molar-refractivity contribution in [2.45, 2.75) is 44.6 Å². The summed E-state index contributed by atoms with van der Waals surface area (Å²) < 4.78 is 0. The van der Waals surface area contributed by atoms with Crippen LogP contribution in [-0.2, 0) is 4.79 Å². The van der Waals surface area contributed by atoms with E-state index in [1.807, 2.05) is 60.7 Å². The van der Waals surface area contributed by atoms with Crippen molar-refractivity contribution in [3.8, 4) is 22.5 Å². The Morgan fingerprint density at radius 3 is 2.09 bits per heavy atom. The number of aliphatic carboxylic acids is 1. The van der Waals surface area contributed by atoms with E-state index < -0.39 is 12.1 Å². The molecule has 2 heterocycles. The third-order valence-electron chi connectivity index (χ3n) is 5.85. The summed E-state index contributed by atoms with van der Waals surface area (Å²) in [5.74, 6) is 0.0229. The van der Waals surface area contributed by atoms with Gasteiger partial charge in [0.2, 0.25) is 0 Å². The predicted molar refractivity (Wildman–Crippen MR) is 125 cm³/mol. The number of anilines is 1. The van der Waals surface area contributed by atoms with Crippen molar-refractivity contribution in [2.75, 3.05) is 18.0 Å². The smallest absolute Gasteiger partial charge is 0.303 e. The van der Waals surface area contributed by atoms with Crippen LogP contribution in [0.15, 0.2) is 60.7 Å². The van der Waals surface area contributed by atoms with Crippen LogP contribution < -0.4 is 4.90 Å². The second kappa shape index (κ2) is 10.4. The molecule has 0 amide bonds. The maximum absolute atomic E-state index is 10.7. The van der Waals surface area contributed by atoms with Crippen LogP contribution in [0.1, 0.15) is 50.3 Å². The molecule has 0 aliphatic carbocycles. The van der Waals surface area contributed by atoms with Crippen molar-refractivity contribution in [3.63, 3.8) is 0 Å². The van der Waals surface area contributed by atoms with Crippen LogP contribution >= 0.6 is 0 Å². The molecule has 0 saturated carbocycles. The molecule has 0 unspecified atom stereocenters. The van der Waals surface area contributed by atoms with Gasteiger partial charge in [-0.2, -0.15) is 0 Å². The topological polar surface area (TPSA) is 86.5 Å². The van der Waals surface area contributed by atoms with Crippen LogP contribution in [0.2, 0.25) is 0 Å². The van der Waals surface area contributed by atoms with Crippen LogP contribution in [0.4, 0.5) is 5.82 Å². The Morgan fingerprint density at radius 2 is 1.47 bits per heavy atom. The highest BCUT2D eigenvalue weighted by atomic mass is 16.4. The molecule has 1 aromatic heterocycles. The first kappa shape index (κ1) is 22.0. The highest BCUT2D eigenvalue weighted by molar-refractivity contribution is 5.79. The molecule has 166 valence electrons. The lowest BCUT2D eigenvalue weighted by atomic mass is 10.0. The average Bonchev–Trinajstić information content (AvgIpc) is 2.83. The zero-order chi connectivity index (χ0) is 22.3. The zero-order valence-corrected chi connectivity index (χ0v) is 18.2. The van der Waals surface area contributed by atoms with E-state index in [0.29, 0.717) is 18.5 Å². The van der Waals surface area contributed by atoms with Crippen molar-refractivity contribution in [1.29, 1.82) is 0 Å². The standard InChI is InChI=1S/C26H29N3O3/c30-21-16-18-29(17-10-2-1-9-15-22(31)32)26-25(21)27-23(19-11-5-3-6-12-19)24(28-26)20-13-7-4-8-14-20/h3-8,11-14,21,30H,1-2,9-10,15-18H2,(H,31,32)/t21-/m0/s1. The van der Waals surface area contributed by atoms with Gasteiger partial charge >= 0.3 is 5.97 Å². The molecule has 0 bridgehead atoms. The van der Waals surface area contributed by atoms with E-state index in [-0.39, 0.29) is 6.42 Å². The van der Waals surface area contributed by atoms with Gasteiger partial charge in [-0.1, -0.05) is 73.5 Å². The number of rotatable bonds is 9. The Morgan fingerprint density at radius 1 is 0.875 bits per heavy atom. The number of carboxylic acids is 1. The van der Waals surface area contributed by atoms with Crippen molar-refractivity contribution >= 4 is 11.8 Å². The van der Waals surface area contributed by atoms with Gasteiger partial charge in [-0.25, -0.2) is 9.97 Å². The van der Waals surface area contributed by atoms with Crippen LogP contribution in [-0.4, -0.2) is 39.2 Å². The van der Waals surface area contributed by atoms with Gasteiger partial charge in [-0.3, -0.25) is 4.79 Å². The third kappa shape index (κ3) is 5.14. The summed E-state index contributed by atoms with van der Waals surface area (Å²) in [6.07, 6.45) is 3.77. The lowest BCUT2D eigenvalue weighted by molar-refractivity contribution is -0.137. The molecule has 0 spiro atoms. The lowest BCUT2D eigenvalue weighted by Gasteiger charge is -2.33. The maximum Gasteiger partial charge on any atom is 0.303 e. The van der Waals surface area contributed by atoms with Crippen molar-refractivity contribution in [2.24, 2.45) is 0 Å². The summed E-state index contributed by atoms with van der Waals surface area (Å²) in [5, 5.41) is 19.5. The number of nitrogens with zero attached hydrogens (tertiary/aromatic N) is 3. The zero-order valence-electron chi connectivity index (χ0n) is 18.2. The molecular weight excluding hydrogens is 402 g/mol. The van der Waals surface area contributed by atoms with Crippen molar-refractivity contribution in [3.05, 3.63) is 66.4 Å². The number of hydrogen-bond acceptors (Lipinski definition) is 5. The van der Waals surface area contributed by atoms with Crippen LogP contribution in [0.25, 0.3) is 22.5 Å². The first-order chi connectivity index (χ1) is 15.6. The summed E-state index contributed by atoms with van der Waals surface area (Å²) in [7, 11) is 0. The number of aliphatic hydroxyl groups is 1. The predicted octanol–water partition coefficient (Wildman–Crippen LogP) is 5.09. The van der Waals surface area contributed by atoms with Crippen LogP contribution in [0.3, 0.4) is 0 Å². The number of carboxylic acid groups (broad SMARTS) is 1. The SMILES string of the molecule is O=C(O)CCCCCCN1CC[C@H](O)c2nc(-c3ccccc3)c(-c3ccccc3)nc21. The Balaban J connectivity index is 1.63. The highest BCUT2D eigenvalue weighted by Gasteiger charge is 2.29. The Bertz CT molecular complexity index is 1040. The summed E-state index contributed by atoms with van der Waals surface area (Å²) >= 11 is 0. The Hall–Kier alpha value is -3.25. The van der Waals surface area contributed by atoms with E-state index in [0.717, 1.165) is 60.7 Å². The largest absolute Gasteiger partial charge is 0.481 e. The monoisotopic (exact) mass is 431 g/mol. The molecule has 0 radical (unpaired) electrons. The van der Waals surface area contributed by atoms with E-state index in [1.165, 1.54) is 0 Å². The number of unbranched alkanes of at least 4 members (excludes halogenated alkanes) is 3. The molecular formula is C26H29N3O3. The molecule has 4 rings (SSSR count). The highest BCUT2D eigenvalue weighted by Crippen LogP contribution is 2.37. The van der Waals surface area contributed by atoms with E-state index in [2.05, 4.69) is 4.90 Å². The number of aromatic nitrogens is 2. The maximum atomic E-state index is 10.7. The fourth-order valence-electron chi connectivity index (χ4n) is 4.16. The van der Waals surface area contributed by atoms with Gasteiger partial charge in [-0.05, 0) is 19.3 Å². The molecule has 1 atom stereocenters. The summed E-state index contributed by atoms with van der Waals surface area (Å²) in [5.41, 5.74) is 4.21. The van der Waals surface area contributed by atoms with E-state index in [1.54, 1.807) is 0 Å². The molecule has 2 aromatic carbocycles. The second-order valence-corrected chi connectivity index (χ2v) is 8.21. The minimum absolute atomic E-state index is 0.229. The van der Waals surface area contributed by atoms with Gasteiger partial charge in [0.05, 0.1) is 11.4 Å². The van der Waals surface area contributed by atoms with Gasteiger partial charge in [0, 0.05) is 30.6 Å². The van der Waals surface area contributed by atoms with E-state index >= 15 is 0 Å². The van der Waals surface area contributed by atoms with Crippen molar-refractivity contribution < 1.29 is 15.0 Å². The summed E-state index contributed by atoms with van der Waals surface area (Å²) in [6, 6.07) is 20.0. The molecule has 6 heteroatoms. The molecule has 2 N–H and O–H groups in total. The van der Waals surface area contributed by atoms with Gasteiger partial charge in [-0.15, -0.1) is 0 Å². The van der Waals surface area contributed by atoms with Gasteiger partial charge < -0.3 is 15.1 Å². The second-order valence-electron chi connectivity index (χ2n) is 8.21. The molecule has 0 fully saturated rings. The number of carbonyl (C=O) groups is 1. The number of aliphatic hydroxyl groups excluding tert-OH is 1. The molecule has 32 heavy (non-hydrogen) atoms. The first-order valence-corrected chi connectivity index (χ1v) is 11.3. The molecule has 1 aliphatic heterocycles. The lowest BCUT2D eigenvalue weighted by Crippen LogP contribution is -2.34. The fraction of sp³-hybridized carbons (Fsp3) is 0.346. The van der Waals surface area contributed by atoms with E-state index in [9.17, 15) is 9.90 Å². The van der Waals surface area contributed by atoms with Gasteiger partial charge in [0.1, 0.15) is 11.8 Å². The molecule has 6 nitrogen and oxygen atoms in total. The fourth-order valence-corrected chi connectivity index (χ4v) is 4.16. The Kier molecular flexibility index (Phi) is 7.12. The summed E-state index contributed by atoms with van der Waals surface area (Å²) in [6.45, 7) is 1.55. The summed E-state index contributed by atoms with van der Waals surface area (Å²) in [4.78, 5) is 22.9.